The summed E-state index contributed by atoms with van der Waals surface area (Å²) in [7, 11) is -4.74. The first-order valence-corrected chi connectivity index (χ1v) is 7.51. The van der Waals surface area contributed by atoms with Crippen LogP contribution in [0.15, 0.2) is 35.4 Å². The van der Waals surface area contributed by atoms with Crippen LogP contribution in [-0.4, -0.2) is 18.2 Å². The molecule has 0 fully saturated rings. The van der Waals surface area contributed by atoms with Crippen molar-refractivity contribution in [2.24, 2.45) is 0 Å². The smallest absolute Gasteiger partial charge is 0.247 e. The second-order valence-corrected chi connectivity index (χ2v) is 5.93. The highest BCUT2D eigenvalue weighted by Crippen LogP contribution is 2.29. The molecule has 2 aromatic rings. The van der Waals surface area contributed by atoms with Crippen LogP contribution in [0, 0.1) is 0 Å². The molecule has 1 aromatic carbocycles. The van der Waals surface area contributed by atoms with Gasteiger partial charge in [-0.1, -0.05) is 34.2 Å². The number of halogens is 1. The summed E-state index contributed by atoms with van der Waals surface area (Å²) in [5.74, 6) is 0. The summed E-state index contributed by atoms with van der Waals surface area (Å²) in [6.45, 7) is 0.270. The van der Waals surface area contributed by atoms with Crippen molar-refractivity contribution in [3.63, 3.8) is 0 Å². The van der Waals surface area contributed by atoms with E-state index in [1.165, 1.54) is 4.68 Å². The van der Waals surface area contributed by atoms with Crippen molar-refractivity contribution < 1.29 is 12.3 Å². The van der Waals surface area contributed by atoms with E-state index in [4.69, 9.17) is 0 Å². The van der Waals surface area contributed by atoms with E-state index in [-0.39, 0.29) is 11.6 Å². The number of rotatable bonds is 3. The summed E-state index contributed by atoms with van der Waals surface area (Å²) in [5.41, 5.74) is 2.17. The zero-order valence-electron chi connectivity index (χ0n) is 10.2. The van der Waals surface area contributed by atoms with Gasteiger partial charge >= 0.3 is 10.2 Å². The predicted octanol–water partition coefficient (Wildman–Crippen LogP) is 2.08. The molecule has 1 aromatic heterocycles. The van der Waals surface area contributed by atoms with Gasteiger partial charge in [-0.25, -0.2) is 4.68 Å². The van der Waals surface area contributed by atoms with Gasteiger partial charge < -0.3 is 0 Å². The van der Waals surface area contributed by atoms with Crippen molar-refractivity contribution >= 4 is 10.2 Å². The van der Waals surface area contributed by atoms with Crippen LogP contribution in [0.4, 0.5) is 3.89 Å². The maximum Gasteiger partial charge on any atom is 0.349 e. The van der Waals surface area contributed by atoms with Gasteiger partial charge in [0.05, 0.1) is 12.2 Å². The average molecular weight is 280 g/mol. The molecule has 0 unspecified atom stereocenters. The highest BCUT2D eigenvalue weighted by Gasteiger charge is 2.30. The molecule has 3 rings (SSSR count). The molecule has 0 amide bonds. The topological polar surface area (TPSA) is 52.0 Å². The molecule has 0 bridgehead atoms. The number of benzene rings is 1. The second-order valence-electron chi connectivity index (χ2n) is 4.67. The quantitative estimate of drug-likeness (QED) is 0.809. The van der Waals surface area contributed by atoms with Crippen molar-refractivity contribution in [2.45, 2.75) is 30.8 Å². The largest absolute Gasteiger partial charge is 0.349 e. The van der Waals surface area contributed by atoms with Crippen LogP contribution in [0.5, 0.6) is 0 Å². The lowest BCUT2D eigenvalue weighted by molar-refractivity contribution is 0.520. The number of aromatic nitrogens is 2. The Hall–Kier alpha value is -1.69. The second kappa shape index (κ2) is 4.45. The summed E-state index contributed by atoms with van der Waals surface area (Å²) >= 11 is 0. The summed E-state index contributed by atoms with van der Waals surface area (Å²) in [5, 5.41) is 3.99. The minimum absolute atomic E-state index is 0.260. The summed E-state index contributed by atoms with van der Waals surface area (Å²) in [4.78, 5) is 0. The van der Waals surface area contributed by atoms with Gasteiger partial charge in [-0.05, 0) is 24.8 Å². The first-order chi connectivity index (χ1) is 9.05. The number of hydrogen-bond donors (Lipinski definition) is 0. The van der Waals surface area contributed by atoms with E-state index in [1.54, 1.807) is 0 Å². The molecule has 0 aliphatic heterocycles. The maximum absolute atomic E-state index is 13.5. The molecular formula is C13H13FN2O2S. The Labute approximate surface area is 111 Å². The molecule has 0 spiro atoms. The number of fused-ring (bicyclic) bond motifs is 1. The SMILES string of the molecule is O=S(=O)(F)c1c2c(nn1Cc1ccccc1)CCC2. The van der Waals surface area contributed by atoms with E-state index in [1.807, 2.05) is 30.3 Å². The molecule has 1 aliphatic rings. The van der Waals surface area contributed by atoms with Crippen LogP contribution in [0.3, 0.4) is 0 Å². The monoisotopic (exact) mass is 280 g/mol. The Morgan fingerprint density at radius 3 is 2.63 bits per heavy atom. The molecule has 19 heavy (non-hydrogen) atoms. The van der Waals surface area contributed by atoms with Gasteiger partial charge in [0.15, 0.2) is 5.03 Å². The predicted molar refractivity (Wildman–Crippen MR) is 68.1 cm³/mol. The highest BCUT2D eigenvalue weighted by molar-refractivity contribution is 7.86. The van der Waals surface area contributed by atoms with Crippen LogP contribution in [0.1, 0.15) is 23.2 Å². The number of nitrogens with zero attached hydrogens (tertiary/aromatic N) is 2. The third-order valence-corrected chi connectivity index (χ3v) is 4.25. The fraction of sp³-hybridized carbons (Fsp3) is 0.308. The van der Waals surface area contributed by atoms with Gasteiger partial charge in [0, 0.05) is 5.56 Å². The van der Waals surface area contributed by atoms with Gasteiger partial charge in [0.2, 0.25) is 0 Å². The molecule has 0 N–H and O–H groups in total. The zero-order valence-corrected chi connectivity index (χ0v) is 11.0. The molecule has 6 heteroatoms. The van der Waals surface area contributed by atoms with E-state index in [2.05, 4.69) is 5.10 Å². The van der Waals surface area contributed by atoms with E-state index in [0.717, 1.165) is 18.4 Å². The zero-order chi connectivity index (χ0) is 13.5. The Balaban J connectivity index is 2.07. The summed E-state index contributed by atoms with van der Waals surface area (Å²) in [6, 6.07) is 9.31. The van der Waals surface area contributed by atoms with Crippen LogP contribution < -0.4 is 0 Å². The normalized spacial score (nSPS) is 14.6. The fourth-order valence-electron chi connectivity index (χ4n) is 2.55. The fourth-order valence-corrected chi connectivity index (χ4v) is 3.42. The molecule has 100 valence electrons. The van der Waals surface area contributed by atoms with Crippen molar-refractivity contribution in [1.29, 1.82) is 0 Å². The van der Waals surface area contributed by atoms with E-state index in [9.17, 15) is 12.3 Å². The maximum atomic E-state index is 13.5. The molecule has 1 aliphatic carbocycles. The molecule has 4 nitrogen and oxygen atoms in total. The molecule has 1 heterocycles. The van der Waals surface area contributed by atoms with Crippen LogP contribution in [0.2, 0.25) is 0 Å². The van der Waals surface area contributed by atoms with Gasteiger partial charge in [0.1, 0.15) is 0 Å². The van der Waals surface area contributed by atoms with Crippen molar-refractivity contribution in [2.75, 3.05) is 0 Å². The first-order valence-electron chi connectivity index (χ1n) is 6.13. The lowest BCUT2D eigenvalue weighted by Crippen LogP contribution is -2.10. The lowest BCUT2D eigenvalue weighted by Gasteiger charge is -2.06. The minimum Gasteiger partial charge on any atom is -0.247 e. The van der Waals surface area contributed by atoms with E-state index in [0.29, 0.717) is 17.7 Å². The lowest BCUT2D eigenvalue weighted by atomic mass is 10.2. The van der Waals surface area contributed by atoms with Crippen LogP contribution in [0.25, 0.3) is 0 Å². The van der Waals surface area contributed by atoms with Gasteiger partial charge in [-0.2, -0.15) is 13.5 Å². The summed E-state index contributed by atoms with van der Waals surface area (Å²) < 4.78 is 37.4. The number of hydrogen-bond acceptors (Lipinski definition) is 3. The standard InChI is InChI=1S/C13H13FN2O2S/c14-19(17,18)13-11-7-4-8-12(11)15-16(13)9-10-5-2-1-3-6-10/h1-3,5-6H,4,7-9H2. The minimum atomic E-state index is -4.74. The molecule has 0 radical (unpaired) electrons. The van der Waals surface area contributed by atoms with Gasteiger partial charge in [-0.3, -0.25) is 0 Å². The Morgan fingerprint density at radius 2 is 1.95 bits per heavy atom. The number of aryl methyl sites for hydroxylation is 1. The Kier molecular flexibility index (Phi) is 2.89. The first kappa shape index (κ1) is 12.3. The van der Waals surface area contributed by atoms with Gasteiger partial charge in [0.25, 0.3) is 0 Å². The van der Waals surface area contributed by atoms with Crippen molar-refractivity contribution in [1.82, 2.24) is 9.78 Å². The van der Waals surface area contributed by atoms with Crippen molar-refractivity contribution in [3.05, 3.63) is 47.2 Å². The molecule has 0 saturated carbocycles. The summed E-state index contributed by atoms with van der Waals surface area (Å²) in [6.07, 6.45) is 2.15. The Morgan fingerprint density at radius 1 is 1.21 bits per heavy atom. The Bertz CT molecular complexity index is 708. The van der Waals surface area contributed by atoms with Gasteiger partial charge in [-0.15, -0.1) is 0 Å². The molecule has 0 atom stereocenters. The third-order valence-electron chi connectivity index (χ3n) is 3.33. The van der Waals surface area contributed by atoms with Crippen LogP contribution in [-0.2, 0) is 29.6 Å². The third kappa shape index (κ3) is 2.28. The highest BCUT2D eigenvalue weighted by atomic mass is 32.3. The van der Waals surface area contributed by atoms with Crippen molar-refractivity contribution in [3.8, 4) is 0 Å². The molecular weight excluding hydrogens is 267 g/mol. The average Bonchev–Trinajstić information content (AvgIpc) is 2.88. The van der Waals surface area contributed by atoms with Crippen LogP contribution >= 0.6 is 0 Å². The molecule has 0 saturated heterocycles. The van der Waals surface area contributed by atoms with E-state index >= 15 is 0 Å². The van der Waals surface area contributed by atoms with E-state index < -0.39 is 10.2 Å².